The van der Waals surface area contributed by atoms with E-state index in [-0.39, 0.29) is 17.0 Å². The lowest BCUT2D eigenvalue weighted by Crippen LogP contribution is -2.39. The van der Waals surface area contributed by atoms with Crippen LogP contribution in [-0.2, 0) is 10.0 Å². The van der Waals surface area contributed by atoms with Gasteiger partial charge in [-0.1, -0.05) is 42.5 Å². The first-order valence-corrected chi connectivity index (χ1v) is 11.2. The van der Waals surface area contributed by atoms with Gasteiger partial charge in [-0.15, -0.1) is 0 Å². The molecule has 0 atom stereocenters. The molecule has 6 nitrogen and oxygen atoms in total. The van der Waals surface area contributed by atoms with Crippen molar-refractivity contribution < 1.29 is 13.2 Å². The maximum absolute atomic E-state index is 12.8. The van der Waals surface area contributed by atoms with Crippen LogP contribution in [0.1, 0.15) is 25.7 Å². The van der Waals surface area contributed by atoms with Crippen molar-refractivity contribution in [2.75, 3.05) is 0 Å². The normalized spacial score (nSPS) is 19.6. The number of hydrogen-bond acceptors (Lipinski definition) is 5. The van der Waals surface area contributed by atoms with Crippen LogP contribution in [-0.4, -0.2) is 30.5 Å². The number of sulfonamides is 1. The number of nitrogens with one attached hydrogen (secondary N) is 1. The summed E-state index contributed by atoms with van der Waals surface area (Å²) < 4.78 is 34.2. The van der Waals surface area contributed by atoms with Crippen molar-refractivity contribution in [3.8, 4) is 17.0 Å². The van der Waals surface area contributed by atoms with E-state index >= 15 is 0 Å². The number of hydrogen-bond donors (Lipinski definition) is 1. The number of rotatable bonds is 6. The summed E-state index contributed by atoms with van der Waals surface area (Å²) in [6, 6.07) is 16.8. The largest absolute Gasteiger partial charge is 0.473 e. The highest BCUT2D eigenvalue weighted by atomic mass is 32.2. The van der Waals surface area contributed by atoms with Gasteiger partial charge in [0.25, 0.3) is 0 Å². The molecule has 0 unspecified atom stereocenters. The molecule has 1 N–H and O–H groups in total. The molecule has 1 saturated carbocycles. The lowest BCUT2D eigenvalue weighted by atomic mass is 9.94. The third kappa shape index (κ3) is 4.99. The minimum Gasteiger partial charge on any atom is -0.473 e. The highest BCUT2D eigenvalue weighted by Gasteiger charge is 2.27. The number of benzene rings is 2. The van der Waals surface area contributed by atoms with Gasteiger partial charge in [-0.25, -0.2) is 18.1 Å². The summed E-state index contributed by atoms with van der Waals surface area (Å²) in [7, 11) is -3.55. The molecule has 1 aliphatic rings. The van der Waals surface area contributed by atoms with E-state index in [2.05, 4.69) is 14.7 Å². The quantitative estimate of drug-likeness (QED) is 0.669. The Balaban J connectivity index is 1.34. The van der Waals surface area contributed by atoms with E-state index in [1.165, 1.54) is 0 Å². The molecule has 4 rings (SSSR count). The van der Waals surface area contributed by atoms with Crippen LogP contribution in [0.25, 0.3) is 11.1 Å². The van der Waals surface area contributed by atoms with Crippen LogP contribution >= 0.6 is 0 Å². The second kappa shape index (κ2) is 8.71. The Morgan fingerprint density at radius 3 is 2.21 bits per heavy atom. The van der Waals surface area contributed by atoms with E-state index in [1.807, 2.05) is 42.5 Å². The highest BCUT2D eigenvalue weighted by Crippen LogP contribution is 2.25. The third-order valence-corrected chi connectivity index (χ3v) is 6.63. The molecule has 0 aliphatic heterocycles. The summed E-state index contributed by atoms with van der Waals surface area (Å²) in [4.78, 5) is 8.40. The average molecular weight is 410 g/mol. The summed E-state index contributed by atoms with van der Waals surface area (Å²) in [5.74, 6) is 0.509. The zero-order valence-electron chi connectivity index (χ0n) is 15.9. The zero-order chi connectivity index (χ0) is 20.1. The molecule has 0 radical (unpaired) electrons. The average Bonchev–Trinajstić information content (AvgIpc) is 2.76. The van der Waals surface area contributed by atoms with E-state index in [4.69, 9.17) is 4.74 Å². The number of aromatic nitrogens is 2. The molecular weight excluding hydrogens is 386 g/mol. The van der Waals surface area contributed by atoms with Gasteiger partial charge >= 0.3 is 0 Å². The fraction of sp³-hybridized carbons (Fsp3) is 0.273. The lowest BCUT2D eigenvalue weighted by molar-refractivity contribution is 0.138. The standard InChI is InChI=1S/C22H23N3O3S/c26-29(27,21-12-6-18(7-13-21)17-4-2-1-3-5-17)25-19-8-10-20(11-9-19)28-22-16-23-14-15-24-22/h1-7,12-16,19-20,25H,8-11H2. The van der Waals surface area contributed by atoms with E-state index in [0.29, 0.717) is 5.88 Å². The molecule has 0 amide bonds. The molecule has 29 heavy (non-hydrogen) atoms. The van der Waals surface area contributed by atoms with Crippen molar-refractivity contribution >= 4 is 10.0 Å². The van der Waals surface area contributed by atoms with Gasteiger partial charge in [-0.3, -0.25) is 4.98 Å². The van der Waals surface area contributed by atoms with Crippen LogP contribution in [0.4, 0.5) is 0 Å². The third-order valence-electron chi connectivity index (χ3n) is 5.09. The Morgan fingerprint density at radius 1 is 0.862 bits per heavy atom. The molecule has 1 aromatic heterocycles. The molecule has 1 aliphatic carbocycles. The molecule has 7 heteroatoms. The van der Waals surface area contributed by atoms with Crippen molar-refractivity contribution in [1.82, 2.24) is 14.7 Å². The fourth-order valence-electron chi connectivity index (χ4n) is 3.56. The van der Waals surface area contributed by atoms with Crippen molar-refractivity contribution in [3.63, 3.8) is 0 Å². The van der Waals surface area contributed by atoms with Gasteiger partial charge in [0, 0.05) is 18.4 Å². The first-order valence-electron chi connectivity index (χ1n) is 9.71. The first-order chi connectivity index (χ1) is 14.1. The molecular formula is C22H23N3O3S. The van der Waals surface area contributed by atoms with Crippen LogP contribution in [0.3, 0.4) is 0 Å². The predicted octanol–water partition coefficient (Wildman–Crippen LogP) is 3.81. The second-order valence-electron chi connectivity index (χ2n) is 7.15. The Hall–Kier alpha value is -2.77. The minimum absolute atomic E-state index is 0.0395. The van der Waals surface area contributed by atoms with Gasteiger partial charge in [0.1, 0.15) is 6.10 Å². The maximum Gasteiger partial charge on any atom is 0.240 e. The SMILES string of the molecule is O=S(=O)(NC1CCC(Oc2cnccn2)CC1)c1ccc(-c2ccccc2)cc1. The maximum atomic E-state index is 12.8. The lowest BCUT2D eigenvalue weighted by Gasteiger charge is -2.28. The topological polar surface area (TPSA) is 81.2 Å². The molecule has 1 fully saturated rings. The smallest absolute Gasteiger partial charge is 0.240 e. The molecule has 0 bridgehead atoms. The molecule has 0 spiro atoms. The molecule has 3 aromatic rings. The van der Waals surface area contributed by atoms with Gasteiger partial charge in [0.15, 0.2) is 0 Å². The minimum atomic E-state index is -3.55. The van der Waals surface area contributed by atoms with Crippen LogP contribution in [0.2, 0.25) is 0 Å². The predicted molar refractivity (Wildman–Crippen MR) is 111 cm³/mol. The van der Waals surface area contributed by atoms with E-state index in [1.54, 1.807) is 30.7 Å². The summed E-state index contributed by atoms with van der Waals surface area (Å²) in [6.45, 7) is 0. The van der Waals surface area contributed by atoms with Crippen molar-refractivity contribution in [2.24, 2.45) is 0 Å². The summed E-state index contributed by atoms with van der Waals surface area (Å²) >= 11 is 0. The van der Waals surface area contributed by atoms with Crippen molar-refractivity contribution in [3.05, 3.63) is 73.2 Å². The summed E-state index contributed by atoms with van der Waals surface area (Å²) in [5, 5.41) is 0. The Bertz CT molecular complexity index is 1020. The highest BCUT2D eigenvalue weighted by molar-refractivity contribution is 7.89. The van der Waals surface area contributed by atoms with E-state index in [0.717, 1.165) is 36.8 Å². The van der Waals surface area contributed by atoms with E-state index < -0.39 is 10.0 Å². The fourth-order valence-corrected chi connectivity index (χ4v) is 4.87. The molecule has 0 saturated heterocycles. The van der Waals surface area contributed by atoms with Crippen molar-refractivity contribution in [2.45, 2.75) is 42.7 Å². The van der Waals surface area contributed by atoms with Crippen LogP contribution < -0.4 is 9.46 Å². The monoisotopic (exact) mass is 409 g/mol. The molecule has 150 valence electrons. The van der Waals surface area contributed by atoms with Gasteiger partial charge in [-0.2, -0.15) is 0 Å². The Labute approximate surface area is 171 Å². The van der Waals surface area contributed by atoms with E-state index in [9.17, 15) is 8.42 Å². The van der Waals surface area contributed by atoms with Gasteiger partial charge in [0.2, 0.25) is 15.9 Å². The molecule has 2 aromatic carbocycles. The number of ether oxygens (including phenoxy) is 1. The second-order valence-corrected chi connectivity index (χ2v) is 8.86. The van der Waals surface area contributed by atoms with Crippen molar-refractivity contribution in [1.29, 1.82) is 0 Å². The van der Waals surface area contributed by atoms with Gasteiger partial charge in [-0.05, 0) is 48.9 Å². The summed E-state index contributed by atoms with van der Waals surface area (Å²) in [5.41, 5.74) is 2.05. The van der Waals surface area contributed by atoms with Crippen LogP contribution in [0.5, 0.6) is 5.88 Å². The Kier molecular flexibility index (Phi) is 5.87. The molecule has 1 heterocycles. The number of nitrogens with zero attached hydrogens (tertiary/aromatic N) is 2. The zero-order valence-corrected chi connectivity index (χ0v) is 16.8. The van der Waals surface area contributed by atoms with Crippen LogP contribution in [0.15, 0.2) is 78.1 Å². The summed E-state index contributed by atoms with van der Waals surface area (Å²) in [6.07, 6.45) is 7.83. The Morgan fingerprint density at radius 2 is 1.55 bits per heavy atom. The first kappa shape index (κ1) is 19.5. The van der Waals surface area contributed by atoms with Gasteiger partial charge in [0.05, 0.1) is 11.1 Å². The van der Waals surface area contributed by atoms with Gasteiger partial charge < -0.3 is 4.74 Å². The van der Waals surface area contributed by atoms with Crippen LogP contribution in [0, 0.1) is 0 Å².